The van der Waals surface area contributed by atoms with Crippen LogP contribution in [0.25, 0.3) is 11.6 Å². The van der Waals surface area contributed by atoms with Gasteiger partial charge in [-0.2, -0.15) is 0 Å². The third kappa shape index (κ3) is 3.21. The summed E-state index contributed by atoms with van der Waals surface area (Å²) in [4.78, 5) is 37.0. The smallest absolute Gasteiger partial charge is 0.261 e. The normalized spacial score (nSPS) is 15.1. The summed E-state index contributed by atoms with van der Waals surface area (Å²) in [6, 6.07) is 13.8. The number of rotatable bonds is 5. The van der Waals surface area contributed by atoms with Crippen molar-refractivity contribution in [3.05, 3.63) is 65.2 Å². The molecule has 0 saturated carbocycles. The van der Waals surface area contributed by atoms with Crippen LogP contribution >= 0.6 is 0 Å². The number of fused-ring (bicyclic) bond motifs is 1. The number of nitrogens with zero attached hydrogens (tertiary/aromatic N) is 1. The molecule has 0 unspecified atom stereocenters. The number of carbonyl (C=O) groups is 3. The van der Waals surface area contributed by atoms with Crippen LogP contribution in [0.3, 0.4) is 0 Å². The van der Waals surface area contributed by atoms with Gasteiger partial charge in [0, 0.05) is 16.7 Å². The summed E-state index contributed by atoms with van der Waals surface area (Å²) in [6.45, 7) is 1.52. The van der Waals surface area contributed by atoms with Gasteiger partial charge in [-0.15, -0.1) is 0 Å². The van der Waals surface area contributed by atoms with Crippen molar-refractivity contribution in [2.45, 2.75) is 6.92 Å². The Morgan fingerprint density at radius 3 is 2.38 bits per heavy atom. The molecule has 0 atom stereocenters. The highest BCUT2D eigenvalue weighted by molar-refractivity contribution is 6.34. The molecule has 2 aromatic rings. The van der Waals surface area contributed by atoms with E-state index in [0.29, 0.717) is 28.4 Å². The molecule has 3 rings (SSSR count). The summed E-state index contributed by atoms with van der Waals surface area (Å²) in [7, 11) is 0. The van der Waals surface area contributed by atoms with Crippen molar-refractivity contribution in [2.75, 3.05) is 13.2 Å². The fourth-order valence-corrected chi connectivity index (χ4v) is 2.86. The van der Waals surface area contributed by atoms with Gasteiger partial charge in [0.05, 0.1) is 19.1 Å². The van der Waals surface area contributed by atoms with Crippen molar-refractivity contribution in [3.63, 3.8) is 0 Å². The number of benzene rings is 2. The summed E-state index contributed by atoms with van der Waals surface area (Å²) in [5.74, 6) is -2.23. The van der Waals surface area contributed by atoms with Gasteiger partial charge in [0.25, 0.3) is 11.8 Å². The number of carboxylic acid groups (broad SMARTS) is 1. The maximum atomic E-state index is 12.8. The van der Waals surface area contributed by atoms with E-state index >= 15 is 0 Å². The number of hydrogen-bond donors (Lipinski definition) is 0. The molecule has 0 bridgehead atoms. The number of para-hydroxylation sites is 1. The maximum Gasteiger partial charge on any atom is 0.261 e. The number of carbonyl (C=O) groups excluding carboxylic acids is 3. The summed E-state index contributed by atoms with van der Waals surface area (Å²) in [5, 5.41) is 11.0. The van der Waals surface area contributed by atoms with Gasteiger partial charge in [-0.3, -0.25) is 14.5 Å². The van der Waals surface area contributed by atoms with Gasteiger partial charge in [0.1, 0.15) is 5.75 Å². The van der Waals surface area contributed by atoms with E-state index in [4.69, 9.17) is 4.74 Å². The first-order chi connectivity index (χ1) is 12.5. The van der Waals surface area contributed by atoms with Crippen molar-refractivity contribution in [3.8, 4) is 5.75 Å². The molecular weight excluding hydrogens is 334 g/mol. The zero-order valence-electron chi connectivity index (χ0n) is 14.1. The summed E-state index contributed by atoms with van der Waals surface area (Å²) in [5.41, 5.74) is 1.63. The molecule has 0 aromatic heterocycles. The molecule has 1 aliphatic heterocycles. The second kappa shape index (κ2) is 7.23. The predicted molar refractivity (Wildman–Crippen MR) is 93.0 cm³/mol. The third-order valence-electron chi connectivity index (χ3n) is 3.97. The second-order valence-corrected chi connectivity index (χ2v) is 5.64. The molecule has 6 nitrogen and oxygen atoms in total. The maximum absolute atomic E-state index is 12.8. The van der Waals surface area contributed by atoms with Crippen LogP contribution in [0, 0.1) is 0 Å². The molecule has 0 fully saturated rings. The van der Waals surface area contributed by atoms with E-state index < -0.39 is 24.3 Å². The third-order valence-corrected chi connectivity index (χ3v) is 3.97. The summed E-state index contributed by atoms with van der Waals surface area (Å²) >= 11 is 0. The number of aliphatic carboxylic acids is 1. The molecule has 6 heteroatoms. The fraction of sp³-hybridized carbons (Fsp3) is 0.150. The van der Waals surface area contributed by atoms with Crippen LogP contribution in [0.4, 0.5) is 0 Å². The summed E-state index contributed by atoms with van der Waals surface area (Å²) in [6.07, 6.45) is 1.61. The van der Waals surface area contributed by atoms with Crippen LogP contribution in [0.15, 0.2) is 48.5 Å². The van der Waals surface area contributed by atoms with Crippen LogP contribution in [0.2, 0.25) is 0 Å². The summed E-state index contributed by atoms with van der Waals surface area (Å²) < 4.78 is 5.57. The molecule has 132 valence electrons. The fourth-order valence-electron chi connectivity index (χ4n) is 2.86. The van der Waals surface area contributed by atoms with Crippen molar-refractivity contribution < 1.29 is 24.2 Å². The monoisotopic (exact) mass is 350 g/mol. The van der Waals surface area contributed by atoms with Crippen LogP contribution in [-0.4, -0.2) is 35.8 Å². The van der Waals surface area contributed by atoms with E-state index in [9.17, 15) is 19.5 Å². The Bertz CT molecular complexity index is 916. The largest absolute Gasteiger partial charge is 0.548 e. The minimum absolute atomic E-state index is 0.230. The molecule has 0 aliphatic carbocycles. The van der Waals surface area contributed by atoms with E-state index in [1.807, 2.05) is 13.0 Å². The zero-order valence-corrected chi connectivity index (χ0v) is 14.1. The van der Waals surface area contributed by atoms with Crippen molar-refractivity contribution >= 4 is 29.4 Å². The Morgan fingerprint density at radius 1 is 1.04 bits per heavy atom. The Kier molecular flexibility index (Phi) is 4.84. The Labute approximate surface area is 150 Å². The topological polar surface area (TPSA) is 86.7 Å². The van der Waals surface area contributed by atoms with Crippen LogP contribution in [-0.2, 0) is 9.59 Å². The first-order valence-electron chi connectivity index (χ1n) is 8.12. The minimum Gasteiger partial charge on any atom is -0.548 e. The average Bonchev–Trinajstić information content (AvgIpc) is 2.63. The predicted octanol–water partition coefficient (Wildman–Crippen LogP) is 1.36. The number of hydrogen-bond acceptors (Lipinski definition) is 5. The van der Waals surface area contributed by atoms with Gasteiger partial charge in [-0.1, -0.05) is 36.4 Å². The number of amides is 2. The van der Waals surface area contributed by atoms with Gasteiger partial charge in [0.15, 0.2) is 0 Å². The van der Waals surface area contributed by atoms with Gasteiger partial charge in [0.2, 0.25) is 0 Å². The number of ether oxygens (including phenoxy) is 1. The molecule has 1 aliphatic rings. The molecule has 2 amide bonds. The zero-order chi connectivity index (χ0) is 18.7. The quantitative estimate of drug-likeness (QED) is 0.600. The van der Waals surface area contributed by atoms with Crippen molar-refractivity contribution in [2.24, 2.45) is 0 Å². The van der Waals surface area contributed by atoms with Crippen molar-refractivity contribution in [1.29, 1.82) is 0 Å². The lowest BCUT2D eigenvalue weighted by Crippen LogP contribution is -2.47. The van der Waals surface area contributed by atoms with Crippen LogP contribution in [0.5, 0.6) is 5.75 Å². The SMILES string of the molecule is CCOc1ccccc1/C=C1\C(=O)N(CC(=O)[O-])C(=O)c2ccccc21. The van der Waals surface area contributed by atoms with Crippen LogP contribution < -0.4 is 9.84 Å². The Hall–Kier alpha value is -3.41. The molecule has 0 saturated heterocycles. The standard InChI is InChI=1S/C20H17NO5/c1-2-26-17-10-6-3-7-13(17)11-16-14-8-4-5-9-15(14)19(24)21(20(16)25)12-18(22)23/h3-11H,2,12H2,1H3,(H,22,23)/p-1/b16-11-. The van der Waals surface area contributed by atoms with Gasteiger partial charge < -0.3 is 14.6 Å². The highest BCUT2D eigenvalue weighted by Crippen LogP contribution is 2.32. The first kappa shape index (κ1) is 17.4. The second-order valence-electron chi connectivity index (χ2n) is 5.64. The highest BCUT2D eigenvalue weighted by Gasteiger charge is 2.34. The van der Waals surface area contributed by atoms with E-state index in [1.54, 1.807) is 48.5 Å². The lowest BCUT2D eigenvalue weighted by Gasteiger charge is -2.29. The number of imide groups is 1. The van der Waals surface area contributed by atoms with Gasteiger partial charge in [-0.05, 0) is 30.7 Å². The Morgan fingerprint density at radius 2 is 1.69 bits per heavy atom. The van der Waals surface area contributed by atoms with Gasteiger partial charge >= 0.3 is 0 Å². The van der Waals surface area contributed by atoms with Crippen molar-refractivity contribution in [1.82, 2.24) is 4.90 Å². The van der Waals surface area contributed by atoms with E-state index in [1.165, 1.54) is 0 Å². The van der Waals surface area contributed by atoms with E-state index in [-0.39, 0.29) is 11.1 Å². The number of carboxylic acids is 1. The lowest BCUT2D eigenvalue weighted by atomic mass is 9.92. The molecule has 0 N–H and O–H groups in total. The molecule has 0 spiro atoms. The highest BCUT2D eigenvalue weighted by atomic mass is 16.5. The first-order valence-corrected chi connectivity index (χ1v) is 8.12. The molecule has 1 heterocycles. The molecule has 0 radical (unpaired) electrons. The lowest BCUT2D eigenvalue weighted by molar-refractivity contribution is -0.305. The van der Waals surface area contributed by atoms with Crippen LogP contribution in [0.1, 0.15) is 28.4 Å². The van der Waals surface area contributed by atoms with E-state index in [0.717, 1.165) is 0 Å². The van der Waals surface area contributed by atoms with Gasteiger partial charge in [-0.25, -0.2) is 0 Å². The molecular formula is C20H16NO5-. The van der Waals surface area contributed by atoms with E-state index in [2.05, 4.69) is 0 Å². The molecule has 2 aromatic carbocycles. The molecule has 26 heavy (non-hydrogen) atoms. The average molecular weight is 350 g/mol. The Balaban J connectivity index is 2.16. The minimum atomic E-state index is -1.50.